The summed E-state index contributed by atoms with van der Waals surface area (Å²) in [6.45, 7) is 6.37. The van der Waals surface area contributed by atoms with Crippen molar-refractivity contribution in [1.82, 2.24) is 9.71 Å². The number of aromatic nitrogens is 1. The number of nitrogens with one attached hydrogen (secondary N) is 2. The summed E-state index contributed by atoms with van der Waals surface area (Å²) in [6.07, 6.45) is 1.23. The second kappa shape index (κ2) is 11.9. The Labute approximate surface area is 223 Å². The molecule has 6 nitrogen and oxygen atoms in total. The Bertz CT molecular complexity index is 1490. The molecule has 37 heavy (non-hydrogen) atoms. The molecule has 1 aromatic heterocycles. The van der Waals surface area contributed by atoms with E-state index >= 15 is 0 Å². The van der Waals surface area contributed by atoms with Gasteiger partial charge in [0.15, 0.2) is 0 Å². The lowest BCUT2D eigenvalue weighted by Gasteiger charge is -2.16. The highest BCUT2D eigenvalue weighted by Gasteiger charge is 2.20. The topological polar surface area (TPSA) is 88.2 Å². The van der Waals surface area contributed by atoms with Gasteiger partial charge in [-0.3, -0.25) is 4.79 Å². The van der Waals surface area contributed by atoms with Crippen LogP contribution in [0, 0.1) is 13.8 Å². The van der Waals surface area contributed by atoms with E-state index in [1.54, 1.807) is 12.1 Å². The van der Waals surface area contributed by atoms with E-state index in [0.29, 0.717) is 25.1 Å². The van der Waals surface area contributed by atoms with Gasteiger partial charge in [-0.05, 0) is 73.7 Å². The van der Waals surface area contributed by atoms with Crippen LogP contribution in [-0.2, 0) is 21.2 Å². The van der Waals surface area contributed by atoms with Gasteiger partial charge in [0, 0.05) is 17.6 Å². The molecule has 4 aromatic rings. The van der Waals surface area contributed by atoms with Crippen molar-refractivity contribution in [3.8, 4) is 0 Å². The highest BCUT2D eigenvalue weighted by Crippen LogP contribution is 2.30. The highest BCUT2D eigenvalue weighted by molar-refractivity contribution is 8.00. The van der Waals surface area contributed by atoms with Crippen LogP contribution in [0.5, 0.6) is 0 Å². The first-order valence-corrected chi connectivity index (χ1v) is 14.6. The van der Waals surface area contributed by atoms with Crippen molar-refractivity contribution in [2.75, 3.05) is 11.9 Å². The van der Waals surface area contributed by atoms with Crippen molar-refractivity contribution >= 4 is 44.3 Å². The fourth-order valence-electron chi connectivity index (χ4n) is 4.06. The van der Waals surface area contributed by atoms with Crippen molar-refractivity contribution < 1.29 is 13.2 Å². The molecule has 4 rings (SSSR count). The number of amides is 1. The molecule has 1 amide bonds. The average molecular weight is 534 g/mol. The number of carbonyl (C=O) groups excluding carboxylic acids is 1. The number of aryl methyl sites for hydroxylation is 2. The molecular formula is C29H31N3O3S2. The van der Waals surface area contributed by atoms with Crippen LogP contribution in [0.1, 0.15) is 30.0 Å². The maximum absolute atomic E-state index is 13.0. The maximum atomic E-state index is 13.0. The number of anilines is 1. The molecule has 0 fully saturated rings. The van der Waals surface area contributed by atoms with Crippen molar-refractivity contribution in [3.05, 3.63) is 95.6 Å². The predicted octanol–water partition coefficient (Wildman–Crippen LogP) is 5.88. The SMILES string of the molecule is CCC(Sc1cc(C)c2cccc(C)c2n1)C(=O)Nc1ccc(S(=O)(=O)NCCc2ccccc2)cc1. The first-order chi connectivity index (χ1) is 17.8. The van der Waals surface area contributed by atoms with Gasteiger partial charge < -0.3 is 5.32 Å². The molecule has 0 bridgehead atoms. The average Bonchev–Trinajstić information content (AvgIpc) is 2.89. The van der Waals surface area contributed by atoms with Crippen molar-refractivity contribution in [1.29, 1.82) is 0 Å². The van der Waals surface area contributed by atoms with Crippen LogP contribution in [-0.4, -0.2) is 31.1 Å². The van der Waals surface area contributed by atoms with Gasteiger partial charge in [0.25, 0.3) is 0 Å². The maximum Gasteiger partial charge on any atom is 0.240 e. The van der Waals surface area contributed by atoms with E-state index in [-0.39, 0.29) is 16.1 Å². The van der Waals surface area contributed by atoms with Crippen LogP contribution in [0.25, 0.3) is 10.9 Å². The van der Waals surface area contributed by atoms with Gasteiger partial charge in [-0.15, -0.1) is 0 Å². The van der Waals surface area contributed by atoms with E-state index in [1.807, 2.05) is 62.4 Å². The number of pyridine rings is 1. The molecule has 0 saturated heterocycles. The number of fused-ring (bicyclic) bond motifs is 1. The number of rotatable bonds is 10. The van der Waals surface area contributed by atoms with Gasteiger partial charge in [-0.2, -0.15) is 0 Å². The van der Waals surface area contributed by atoms with Crippen molar-refractivity contribution in [2.45, 2.75) is 48.8 Å². The second-order valence-corrected chi connectivity index (χ2v) is 11.9. The summed E-state index contributed by atoms with van der Waals surface area (Å²) < 4.78 is 27.9. The number of nitrogens with zero attached hydrogens (tertiary/aromatic N) is 1. The van der Waals surface area contributed by atoms with Gasteiger partial charge in [0.05, 0.1) is 20.7 Å². The van der Waals surface area contributed by atoms with E-state index in [4.69, 9.17) is 4.98 Å². The standard InChI is InChI=1S/C29H31N3O3S2/c1-4-26(36-27-19-21(3)25-12-8-9-20(2)28(25)32-27)29(33)31-23-13-15-24(16-14-23)37(34,35)30-18-17-22-10-6-5-7-11-22/h5-16,19,26,30H,4,17-18H2,1-3H3,(H,31,33). The minimum absolute atomic E-state index is 0.145. The Hall–Kier alpha value is -3.20. The summed E-state index contributed by atoms with van der Waals surface area (Å²) in [7, 11) is -3.64. The molecule has 0 aliphatic carbocycles. The van der Waals surface area contributed by atoms with Gasteiger partial charge in [0.1, 0.15) is 0 Å². The molecule has 1 unspecified atom stereocenters. The third-order valence-electron chi connectivity index (χ3n) is 6.13. The number of hydrogen-bond acceptors (Lipinski definition) is 5. The summed E-state index contributed by atoms with van der Waals surface area (Å²) in [5, 5.41) is 4.51. The first-order valence-electron chi connectivity index (χ1n) is 12.2. The quantitative estimate of drug-likeness (QED) is 0.249. The zero-order valence-electron chi connectivity index (χ0n) is 21.2. The van der Waals surface area contributed by atoms with Gasteiger partial charge in [-0.25, -0.2) is 18.1 Å². The Balaban J connectivity index is 1.38. The molecule has 2 N–H and O–H groups in total. The normalized spacial score (nSPS) is 12.4. The monoisotopic (exact) mass is 533 g/mol. The van der Waals surface area contributed by atoms with Gasteiger partial charge >= 0.3 is 0 Å². The number of thioether (sulfide) groups is 1. The molecule has 8 heteroatoms. The largest absolute Gasteiger partial charge is 0.325 e. The van der Waals surface area contributed by atoms with Crippen molar-refractivity contribution in [2.24, 2.45) is 0 Å². The lowest BCUT2D eigenvalue weighted by Crippen LogP contribution is -2.26. The number of benzene rings is 3. The summed E-state index contributed by atoms with van der Waals surface area (Å²) in [5.41, 5.74) is 4.79. The van der Waals surface area contributed by atoms with E-state index in [1.165, 1.54) is 23.9 Å². The molecule has 1 atom stereocenters. The van der Waals surface area contributed by atoms with Gasteiger partial charge in [-0.1, -0.05) is 67.2 Å². The Kier molecular flexibility index (Phi) is 8.63. The molecule has 0 radical (unpaired) electrons. The van der Waals surface area contributed by atoms with Crippen molar-refractivity contribution in [3.63, 3.8) is 0 Å². The molecule has 0 aliphatic rings. The molecule has 3 aromatic carbocycles. The van der Waals surface area contributed by atoms with E-state index < -0.39 is 10.0 Å². The fourth-order valence-corrected chi connectivity index (χ4v) is 6.10. The zero-order valence-corrected chi connectivity index (χ0v) is 22.8. The number of carbonyl (C=O) groups is 1. The summed E-state index contributed by atoms with van der Waals surface area (Å²) in [6, 6.07) is 24.1. The van der Waals surface area contributed by atoms with E-state index in [9.17, 15) is 13.2 Å². The fraction of sp³-hybridized carbons (Fsp3) is 0.241. The van der Waals surface area contributed by atoms with Crippen LogP contribution < -0.4 is 10.0 Å². The third-order valence-corrected chi connectivity index (χ3v) is 8.89. The molecule has 0 aliphatic heterocycles. The Morgan fingerprint density at radius 2 is 1.68 bits per heavy atom. The molecular weight excluding hydrogens is 502 g/mol. The third kappa shape index (κ3) is 6.77. The molecule has 0 saturated carbocycles. The first kappa shape index (κ1) is 26.9. The second-order valence-electron chi connectivity index (χ2n) is 8.91. The van der Waals surface area contributed by atoms with Crippen LogP contribution in [0.2, 0.25) is 0 Å². The Morgan fingerprint density at radius 1 is 0.946 bits per heavy atom. The summed E-state index contributed by atoms with van der Waals surface area (Å²) >= 11 is 1.44. The minimum Gasteiger partial charge on any atom is -0.325 e. The number of hydrogen-bond donors (Lipinski definition) is 2. The van der Waals surface area contributed by atoms with Crippen LogP contribution in [0.3, 0.4) is 0 Å². The Morgan fingerprint density at radius 3 is 2.38 bits per heavy atom. The lowest BCUT2D eigenvalue weighted by molar-refractivity contribution is -0.115. The zero-order chi connectivity index (χ0) is 26.4. The summed E-state index contributed by atoms with van der Waals surface area (Å²) in [5.74, 6) is -0.145. The minimum atomic E-state index is -3.64. The number of para-hydroxylation sites is 1. The van der Waals surface area contributed by atoms with Crippen LogP contribution in [0.15, 0.2) is 88.8 Å². The predicted molar refractivity (Wildman–Crippen MR) is 152 cm³/mol. The van der Waals surface area contributed by atoms with Gasteiger partial charge in [0.2, 0.25) is 15.9 Å². The summed E-state index contributed by atoms with van der Waals surface area (Å²) in [4.78, 5) is 18.0. The van der Waals surface area contributed by atoms with E-state index in [2.05, 4.69) is 23.0 Å². The smallest absolute Gasteiger partial charge is 0.240 e. The highest BCUT2D eigenvalue weighted by atomic mass is 32.2. The molecule has 192 valence electrons. The molecule has 0 spiro atoms. The molecule has 1 heterocycles. The number of sulfonamides is 1. The van der Waals surface area contributed by atoms with Crippen LogP contribution >= 0.6 is 11.8 Å². The lowest BCUT2D eigenvalue weighted by atomic mass is 10.1. The van der Waals surface area contributed by atoms with E-state index in [0.717, 1.165) is 32.6 Å². The van der Waals surface area contributed by atoms with Crippen LogP contribution in [0.4, 0.5) is 5.69 Å².